The predicted molar refractivity (Wildman–Crippen MR) is 94.8 cm³/mol. The normalized spacial score (nSPS) is 23.6. The first kappa shape index (κ1) is 22.1. The van der Waals surface area contributed by atoms with Crippen LogP contribution in [0.15, 0.2) is 0 Å². The van der Waals surface area contributed by atoms with Crippen LogP contribution in [-0.4, -0.2) is 64.2 Å². The van der Waals surface area contributed by atoms with Gasteiger partial charge in [-0.25, -0.2) is 0 Å². The van der Waals surface area contributed by atoms with Crippen LogP contribution in [0.1, 0.15) is 52.4 Å². The van der Waals surface area contributed by atoms with Gasteiger partial charge in [-0.2, -0.15) is 0 Å². The molecule has 0 bridgehead atoms. The fraction of sp³-hybridized carbons (Fsp3) is 0.895. The Hall–Kier alpha value is -1.22. The largest absolute Gasteiger partial charge is 0.465 e. The van der Waals surface area contributed by atoms with Gasteiger partial charge in [0.1, 0.15) is 0 Å². The molecule has 2 saturated heterocycles. The van der Waals surface area contributed by atoms with E-state index in [1.807, 2.05) is 0 Å². The third-order valence-electron chi connectivity index (χ3n) is 4.64. The molecule has 0 radical (unpaired) electrons. The summed E-state index contributed by atoms with van der Waals surface area (Å²) in [6.07, 6.45) is 4.43. The molecule has 8 nitrogen and oxygen atoms in total. The van der Waals surface area contributed by atoms with Gasteiger partial charge in [-0.15, -0.1) is 0 Å². The summed E-state index contributed by atoms with van der Waals surface area (Å²) in [5, 5.41) is 0. The molecule has 156 valence electrons. The fourth-order valence-corrected chi connectivity index (χ4v) is 3.05. The smallest absolute Gasteiger partial charge is 0.328 e. The van der Waals surface area contributed by atoms with E-state index < -0.39 is 29.9 Å². The van der Waals surface area contributed by atoms with Crippen molar-refractivity contribution in [1.82, 2.24) is 0 Å². The zero-order valence-electron chi connectivity index (χ0n) is 16.4. The molecule has 0 aromatic heterocycles. The fourth-order valence-electron chi connectivity index (χ4n) is 3.05. The van der Waals surface area contributed by atoms with Gasteiger partial charge in [0.05, 0.1) is 26.4 Å². The van der Waals surface area contributed by atoms with Crippen LogP contribution >= 0.6 is 0 Å². The van der Waals surface area contributed by atoms with E-state index >= 15 is 0 Å². The number of hydrogen-bond acceptors (Lipinski definition) is 8. The maximum atomic E-state index is 12.8. The topological polar surface area (TPSA) is 89.5 Å². The van der Waals surface area contributed by atoms with E-state index in [0.29, 0.717) is 26.1 Å². The molecule has 8 heteroatoms. The minimum Gasteiger partial charge on any atom is -0.465 e. The van der Waals surface area contributed by atoms with Crippen molar-refractivity contribution in [1.29, 1.82) is 0 Å². The molecule has 2 aliphatic rings. The van der Waals surface area contributed by atoms with E-state index in [1.54, 1.807) is 13.8 Å². The van der Waals surface area contributed by atoms with Crippen LogP contribution in [0.2, 0.25) is 0 Å². The highest BCUT2D eigenvalue weighted by Crippen LogP contribution is 2.28. The van der Waals surface area contributed by atoms with Crippen LogP contribution in [-0.2, 0) is 38.0 Å². The molecule has 0 aromatic carbocycles. The summed E-state index contributed by atoms with van der Waals surface area (Å²) in [7, 11) is 0. The lowest BCUT2D eigenvalue weighted by molar-refractivity contribution is -0.221. The summed E-state index contributed by atoms with van der Waals surface area (Å²) in [6, 6.07) is 0. The Morgan fingerprint density at radius 2 is 1.26 bits per heavy atom. The van der Waals surface area contributed by atoms with Gasteiger partial charge >= 0.3 is 11.9 Å². The van der Waals surface area contributed by atoms with Crippen LogP contribution in [0.25, 0.3) is 0 Å². The van der Waals surface area contributed by atoms with Gasteiger partial charge in [0.2, 0.25) is 5.41 Å². The molecule has 2 atom stereocenters. The highest BCUT2D eigenvalue weighted by atomic mass is 16.7. The van der Waals surface area contributed by atoms with Crippen LogP contribution in [0.5, 0.6) is 0 Å². The summed E-state index contributed by atoms with van der Waals surface area (Å²) < 4.78 is 33.0. The molecule has 0 amide bonds. The van der Waals surface area contributed by atoms with Crippen LogP contribution in [0, 0.1) is 5.41 Å². The molecule has 0 saturated carbocycles. The van der Waals surface area contributed by atoms with Gasteiger partial charge in [-0.05, 0) is 52.4 Å². The summed E-state index contributed by atoms with van der Waals surface area (Å²) in [6.45, 7) is 4.41. The Morgan fingerprint density at radius 1 is 0.815 bits per heavy atom. The Balaban J connectivity index is 2.11. The number of esters is 2. The van der Waals surface area contributed by atoms with Crippen molar-refractivity contribution < 1.29 is 38.0 Å². The minimum atomic E-state index is -1.70. The van der Waals surface area contributed by atoms with Crippen molar-refractivity contribution >= 4 is 11.9 Å². The van der Waals surface area contributed by atoms with E-state index in [2.05, 4.69) is 0 Å². The van der Waals surface area contributed by atoms with Crippen molar-refractivity contribution in [3.8, 4) is 0 Å². The van der Waals surface area contributed by atoms with Gasteiger partial charge in [0.25, 0.3) is 0 Å². The van der Waals surface area contributed by atoms with E-state index in [1.165, 1.54) is 0 Å². The number of carbonyl (C=O) groups excluding carboxylic acids is 2. The second-order valence-corrected chi connectivity index (χ2v) is 6.74. The maximum absolute atomic E-state index is 12.8. The Labute approximate surface area is 160 Å². The average molecular weight is 388 g/mol. The Bertz CT molecular complexity index is 413. The van der Waals surface area contributed by atoms with Gasteiger partial charge in [-0.3, -0.25) is 9.59 Å². The van der Waals surface area contributed by atoms with Gasteiger partial charge < -0.3 is 28.4 Å². The quantitative estimate of drug-likeness (QED) is 0.416. The van der Waals surface area contributed by atoms with Crippen LogP contribution < -0.4 is 0 Å². The van der Waals surface area contributed by atoms with E-state index in [0.717, 1.165) is 25.7 Å². The first-order valence-electron chi connectivity index (χ1n) is 9.93. The van der Waals surface area contributed by atoms with Crippen LogP contribution in [0.3, 0.4) is 0 Å². The summed E-state index contributed by atoms with van der Waals surface area (Å²) in [4.78, 5) is 25.5. The summed E-state index contributed by atoms with van der Waals surface area (Å²) >= 11 is 0. The lowest BCUT2D eigenvalue weighted by Crippen LogP contribution is -2.51. The van der Waals surface area contributed by atoms with Crippen molar-refractivity contribution in [3.63, 3.8) is 0 Å². The lowest BCUT2D eigenvalue weighted by Gasteiger charge is -2.33. The van der Waals surface area contributed by atoms with Crippen molar-refractivity contribution in [2.24, 2.45) is 5.41 Å². The second kappa shape index (κ2) is 11.6. The Morgan fingerprint density at radius 3 is 1.59 bits per heavy atom. The first-order chi connectivity index (χ1) is 13.1. The standard InChI is InChI=1S/C19H32O8/c1-3-22-17(20)19(18(21)23-4-2,13-26-15-9-5-7-11-24-15)14-27-16-10-6-8-12-25-16/h15-16H,3-14H2,1-2H3. The zero-order chi connectivity index (χ0) is 19.5. The highest BCUT2D eigenvalue weighted by Gasteiger charge is 2.51. The second-order valence-electron chi connectivity index (χ2n) is 6.74. The van der Waals surface area contributed by atoms with Crippen molar-refractivity contribution in [3.05, 3.63) is 0 Å². The average Bonchev–Trinajstić information content (AvgIpc) is 2.70. The minimum absolute atomic E-state index is 0.139. The number of carbonyl (C=O) groups is 2. The molecular weight excluding hydrogens is 356 g/mol. The van der Waals surface area contributed by atoms with Gasteiger partial charge in [-0.1, -0.05) is 0 Å². The Kier molecular flexibility index (Phi) is 9.47. The number of ether oxygens (including phenoxy) is 6. The molecule has 2 fully saturated rings. The third kappa shape index (κ3) is 6.41. The molecule has 0 aliphatic carbocycles. The summed E-state index contributed by atoms with van der Waals surface area (Å²) in [5.41, 5.74) is -1.70. The molecule has 2 aliphatic heterocycles. The van der Waals surface area contributed by atoms with Crippen LogP contribution in [0.4, 0.5) is 0 Å². The zero-order valence-corrected chi connectivity index (χ0v) is 16.4. The van der Waals surface area contributed by atoms with E-state index in [4.69, 9.17) is 28.4 Å². The first-order valence-corrected chi connectivity index (χ1v) is 9.93. The lowest BCUT2D eigenvalue weighted by atomic mass is 9.90. The van der Waals surface area contributed by atoms with E-state index in [-0.39, 0.29) is 26.4 Å². The predicted octanol–water partition coefficient (Wildman–Crippen LogP) is 2.19. The summed E-state index contributed by atoms with van der Waals surface area (Å²) in [5.74, 6) is -1.43. The third-order valence-corrected chi connectivity index (χ3v) is 4.64. The van der Waals surface area contributed by atoms with Crippen molar-refractivity contribution in [2.75, 3.05) is 39.6 Å². The highest BCUT2D eigenvalue weighted by molar-refractivity contribution is 6.00. The molecule has 2 rings (SSSR count). The van der Waals surface area contributed by atoms with Gasteiger partial charge in [0.15, 0.2) is 12.6 Å². The number of rotatable bonds is 10. The SMILES string of the molecule is CCOC(=O)C(COC1CCCCO1)(COC1CCCCO1)C(=O)OCC. The van der Waals surface area contributed by atoms with Gasteiger partial charge in [0, 0.05) is 13.2 Å². The molecule has 27 heavy (non-hydrogen) atoms. The molecule has 0 spiro atoms. The monoisotopic (exact) mass is 388 g/mol. The molecular formula is C19H32O8. The maximum Gasteiger partial charge on any atom is 0.328 e. The molecule has 2 unspecified atom stereocenters. The molecule has 2 heterocycles. The molecule has 0 aromatic rings. The van der Waals surface area contributed by atoms with E-state index in [9.17, 15) is 9.59 Å². The van der Waals surface area contributed by atoms with Crippen molar-refractivity contribution in [2.45, 2.75) is 65.0 Å². The number of hydrogen-bond donors (Lipinski definition) is 0. The molecule has 0 N–H and O–H groups in total.